The summed E-state index contributed by atoms with van der Waals surface area (Å²) in [6.45, 7) is 0. The second-order valence-electron chi connectivity index (χ2n) is 5.71. The van der Waals surface area contributed by atoms with Crippen LogP contribution in [0.1, 0.15) is 0 Å². The van der Waals surface area contributed by atoms with Crippen molar-refractivity contribution in [2.24, 2.45) is 0 Å². The maximum atomic E-state index is 5.85. The van der Waals surface area contributed by atoms with E-state index in [0.717, 1.165) is 38.6 Å². The molecular weight excluding hydrogens is 296 g/mol. The largest absolute Gasteiger partial charge is 0.495 e. The zero-order valence-corrected chi connectivity index (χ0v) is 13.7. The quantitative estimate of drug-likeness (QED) is 0.453. The lowest BCUT2D eigenvalue weighted by molar-refractivity contribution is 0.417. The van der Waals surface area contributed by atoms with Gasteiger partial charge in [-0.15, -0.1) is 0 Å². The van der Waals surface area contributed by atoms with E-state index in [1.54, 1.807) is 14.2 Å². The molecule has 0 aliphatic rings. The molecule has 0 spiro atoms. The Morgan fingerprint density at radius 3 is 1.79 bits per heavy atom. The fourth-order valence-electron chi connectivity index (χ4n) is 3.44. The highest BCUT2D eigenvalue weighted by Gasteiger charge is 2.17. The van der Waals surface area contributed by atoms with Crippen molar-refractivity contribution in [2.75, 3.05) is 14.2 Å². The van der Waals surface area contributed by atoms with Gasteiger partial charge in [0.15, 0.2) is 0 Å². The molecule has 4 rings (SSSR count). The summed E-state index contributed by atoms with van der Waals surface area (Å²) in [5.41, 5.74) is 2.31. The standard InChI is InChI=1S/C22H18O2/c1-23-21-17-11-6-7-12-18(17)22(24-2)20-16(13-8-14-19(20)21)15-9-4-3-5-10-15/h3-14H,1-2H3. The van der Waals surface area contributed by atoms with Gasteiger partial charge >= 0.3 is 0 Å². The van der Waals surface area contributed by atoms with Gasteiger partial charge in [-0.1, -0.05) is 72.8 Å². The average Bonchev–Trinajstić information content (AvgIpc) is 2.66. The first-order chi connectivity index (χ1) is 11.8. The van der Waals surface area contributed by atoms with Crippen molar-refractivity contribution in [3.63, 3.8) is 0 Å². The summed E-state index contributed by atoms with van der Waals surface area (Å²) < 4.78 is 11.6. The van der Waals surface area contributed by atoms with Gasteiger partial charge < -0.3 is 9.47 Å². The van der Waals surface area contributed by atoms with Crippen LogP contribution in [-0.4, -0.2) is 14.2 Å². The van der Waals surface area contributed by atoms with Gasteiger partial charge in [0.25, 0.3) is 0 Å². The molecule has 0 saturated carbocycles. The number of ether oxygens (including phenoxy) is 2. The molecule has 0 unspecified atom stereocenters. The highest BCUT2D eigenvalue weighted by molar-refractivity contribution is 6.15. The molecule has 2 heteroatoms. The molecule has 24 heavy (non-hydrogen) atoms. The Morgan fingerprint density at radius 1 is 0.542 bits per heavy atom. The molecule has 0 fully saturated rings. The topological polar surface area (TPSA) is 18.5 Å². The third-order valence-corrected chi connectivity index (χ3v) is 4.45. The Hall–Kier alpha value is -3.00. The lowest BCUT2D eigenvalue weighted by atomic mass is 9.93. The predicted molar refractivity (Wildman–Crippen MR) is 100.0 cm³/mol. The fourth-order valence-corrected chi connectivity index (χ4v) is 3.44. The molecule has 2 nitrogen and oxygen atoms in total. The molecule has 4 aromatic rings. The van der Waals surface area contributed by atoms with E-state index < -0.39 is 0 Å². The highest BCUT2D eigenvalue weighted by Crippen LogP contribution is 2.46. The Kier molecular flexibility index (Phi) is 3.58. The average molecular weight is 314 g/mol. The number of fused-ring (bicyclic) bond motifs is 2. The SMILES string of the molecule is COc1c2ccccc2c(OC)c2c(-c3ccccc3)cccc12. The molecule has 0 aliphatic heterocycles. The first-order valence-corrected chi connectivity index (χ1v) is 7.96. The van der Waals surface area contributed by atoms with Crippen molar-refractivity contribution in [2.45, 2.75) is 0 Å². The van der Waals surface area contributed by atoms with Crippen LogP contribution in [0.3, 0.4) is 0 Å². The van der Waals surface area contributed by atoms with Crippen molar-refractivity contribution in [3.8, 4) is 22.6 Å². The third kappa shape index (κ3) is 2.11. The zero-order valence-electron chi connectivity index (χ0n) is 13.7. The Bertz CT molecular complexity index is 1020. The summed E-state index contributed by atoms with van der Waals surface area (Å²) in [4.78, 5) is 0. The van der Waals surface area contributed by atoms with Crippen LogP contribution in [0.2, 0.25) is 0 Å². The van der Waals surface area contributed by atoms with Crippen LogP contribution in [0, 0.1) is 0 Å². The van der Waals surface area contributed by atoms with Gasteiger partial charge in [-0.3, -0.25) is 0 Å². The zero-order chi connectivity index (χ0) is 16.5. The van der Waals surface area contributed by atoms with Crippen molar-refractivity contribution in [1.82, 2.24) is 0 Å². The lowest BCUT2D eigenvalue weighted by Gasteiger charge is -2.17. The van der Waals surface area contributed by atoms with Crippen LogP contribution in [0.15, 0.2) is 72.8 Å². The molecule has 0 aliphatic carbocycles. The first kappa shape index (κ1) is 14.6. The molecular formula is C22H18O2. The van der Waals surface area contributed by atoms with Crippen molar-refractivity contribution in [1.29, 1.82) is 0 Å². The summed E-state index contributed by atoms with van der Waals surface area (Å²) in [6, 6.07) is 24.9. The maximum Gasteiger partial charge on any atom is 0.135 e. The van der Waals surface area contributed by atoms with Crippen molar-refractivity contribution < 1.29 is 9.47 Å². The number of benzene rings is 4. The molecule has 0 aromatic heterocycles. The monoisotopic (exact) mass is 314 g/mol. The number of rotatable bonds is 3. The molecule has 0 amide bonds. The Labute approximate surface area is 141 Å². The Balaban J connectivity index is 2.23. The van der Waals surface area contributed by atoms with Crippen molar-refractivity contribution >= 4 is 21.5 Å². The minimum Gasteiger partial charge on any atom is -0.495 e. The van der Waals surface area contributed by atoms with Gasteiger partial charge in [0.1, 0.15) is 11.5 Å². The number of hydrogen-bond donors (Lipinski definition) is 0. The molecule has 118 valence electrons. The van der Waals surface area contributed by atoms with Gasteiger partial charge in [0.05, 0.1) is 14.2 Å². The van der Waals surface area contributed by atoms with Crippen LogP contribution in [0.25, 0.3) is 32.7 Å². The van der Waals surface area contributed by atoms with Gasteiger partial charge in [-0.05, 0) is 11.1 Å². The second-order valence-corrected chi connectivity index (χ2v) is 5.71. The van der Waals surface area contributed by atoms with Crippen LogP contribution in [0.5, 0.6) is 11.5 Å². The van der Waals surface area contributed by atoms with E-state index in [1.807, 2.05) is 18.2 Å². The van der Waals surface area contributed by atoms with Gasteiger partial charge in [-0.25, -0.2) is 0 Å². The smallest absolute Gasteiger partial charge is 0.135 e. The molecule has 0 radical (unpaired) electrons. The molecule has 0 heterocycles. The van der Waals surface area contributed by atoms with Gasteiger partial charge in [0.2, 0.25) is 0 Å². The predicted octanol–water partition coefficient (Wildman–Crippen LogP) is 5.68. The first-order valence-electron chi connectivity index (χ1n) is 7.96. The van der Waals surface area contributed by atoms with Crippen LogP contribution in [0.4, 0.5) is 0 Å². The van der Waals surface area contributed by atoms with E-state index >= 15 is 0 Å². The minimum atomic E-state index is 0.888. The molecule has 0 bridgehead atoms. The molecule has 0 saturated heterocycles. The van der Waals surface area contributed by atoms with E-state index in [4.69, 9.17) is 9.47 Å². The number of methoxy groups -OCH3 is 2. The summed E-state index contributed by atoms with van der Waals surface area (Å²) in [5.74, 6) is 1.78. The van der Waals surface area contributed by atoms with E-state index in [-0.39, 0.29) is 0 Å². The summed E-state index contributed by atoms with van der Waals surface area (Å²) in [6.07, 6.45) is 0. The van der Waals surface area contributed by atoms with Crippen LogP contribution in [-0.2, 0) is 0 Å². The van der Waals surface area contributed by atoms with E-state index in [1.165, 1.54) is 5.56 Å². The Morgan fingerprint density at radius 2 is 1.12 bits per heavy atom. The van der Waals surface area contributed by atoms with E-state index in [9.17, 15) is 0 Å². The third-order valence-electron chi connectivity index (χ3n) is 4.45. The van der Waals surface area contributed by atoms with E-state index in [2.05, 4.69) is 54.6 Å². The molecule has 0 atom stereocenters. The van der Waals surface area contributed by atoms with E-state index in [0.29, 0.717) is 0 Å². The fraction of sp³-hybridized carbons (Fsp3) is 0.0909. The summed E-state index contributed by atoms with van der Waals surface area (Å²) in [7, 11) is 3.46. The highest BCUT2D eigenvalue weighted by atomic mass is 16.5. The second kappa shape index (κ2) is 5.89. The van der Waals surface area contributed by atoms with Crippen LogP contribution < -0.4 is 9.47 Å². The lowest BCUT2D eigenvalue weighted by Crippen LogP contribution is -1.94. The normalized spacial score (nSPS) is 10.9. The van der Waals surface area contributed by atoms with Crippen molar-refractivity contribution in [3.05, 3.63) is 72.8 Å². The van der Waals surface area contributed by atoms with Gasteiger partial charge in [0, 0.05) is 21.5 Å². The summed E-state index contributed by atoms with van der Waals surface area (Å²) >= 11 is 0. The maximum absolute atomic E-state index is 5.85. The summed E-state index contributed by atoms with van der Waals surface area (Å²) in [5, 5.41) is 4.28. The minimum absolute atomic E-state index is 0.888. The van der Waals surface area contributed by atoms with Crippen LogP contribution >= 0.6 is 0 Å². The molecule has 0 N–H and O–H groups in total. The van der Waals surface area contributed by atoms with Gasteiger partial charge in [-0.2, -0.15) is 0 Å². The molecule has 4 aromatic carbocycles. The number of hydrogen-bond acceptors (Lipinski definition) is 2.